The van der Waals surface area contributed by atoms with Gasteiger partial charge >= 0.3 is 5.69 Å². The Morgan fingerprint density at radius 2 is 1.95 bits per heavy atom. The number of aromatic nitrogens is 2. The monoisotopic (exact) mass is 297 g/mol. The van der Waals surface area contributed by atoms with Crippen LogP contribution < -0.4 is 22.3 Å². The molecule has 1 aromatic rings. The molecule has 0 saturated heterocycles. The fourth-order valence-corrected chi connectivity index (χ4v) is 2.07. The molecule has 0 fully saturated rings. The molecule has 0 unspecified atom stereocenters. The number of nitrogens with one attached hydrogen (secondary N) is 2. The maximum Gasteiger partial charge on any atom is 0.330 e. The van der Waals surface area contributed by atoms with Gasteiger partial charge < -0.3 is 16.0 Å². The number of nitrogens with two attached hydrogens (primary N) is 1. The van der Waals surface area contributed by atoms with Crippen molar-refractivity contribution in [2.75, 3.05) is 38.2 Å². The smallest absolute Gasteiger partial charge is 0.330 e. The van der Waals surface area contributed by atoms with Crippen molar-refractivity contribution in [2.45, 2.75) is 33.2 Å². The second-order valence-electron chi connectivity index (χ2n) is 5.96. The van der Waals surface area contributed by atoms with E-state index in [1.54, 1.807) is 0 Å². The van der Waals surface area contributed by atoms with Crippen LogP contribution >= 0.6 is 0 Å². The highest BCUT2D eigenvalue weighted by Crippen LogP contribution is 2.11. The van der Waals surface area contributed by atoms with Gasteiger partial charge in [0.25, 0.3) is 5.56 Å². The average molecular weight is 297 g/mol. The molecule has 0 aliphatic carbocycles. The molecule has 120 valence electrons. The number of anilines is 2. The summed E-state index contributed by atoms with van der Waals surface area (Å²) in [7, 11) is 4.05. The summed E-state index contributed by atoms with van der Waals surface area (Å²) >= 11 is 0. The first-order valence-corrected chi connectivity index (χ1v) is 7.34. The van der Waals surface area contributed by atoms with Crippen LogP contribution in [0.25, 0.3) is 0 Å². The van der Waals surface area contributed by atoms with Crippen molar-refractivity contribution < 1.29 is 0 Å². The van der Waals surface area contributed by atoms with Gasteiger partial charge in [-0.3, -0.25) is 14.3 Å². The summed E-state index contributed by atoms with van der Waals surface area (Å²) in [4.78, 5) is 28.1. The van der Waals surface area contributed by atoms with Crippen molar-refractivity contribution in [3.8, 4) is 0 Å². The number of unbranched alkanes of at least 4 members (excludes halogenated alkanes) is 1. The fourth-order valence-electron chi connectivity index (χ4n) is 2.07. The van der Waals surface area contributed by atoms with E-state index in [9.17, 15) is 9.59 Å². The second kappa shape index (κ2) is 7.87. The van der Waals surface area contributed by atoms with Crippen LogP contribution in [0.15, 0.2) is 9.59 Å². The van der Waals surface area contributed by atoms with E-state index < -0.39 is 11.2 Å². The first-order valence-electron chi connectivity index (χ1n) is 7.34. The highest BCUT2D eigenvalue weighted by molar-refractivity contribution is 5.60. The van der Waals surface area contributed by atoms with E-state index in [-0.39, 0.29) is 11.7 Å². The normalized spacial score (nSPS) is 11.3. The van der Waals surface area contributed by atoms with Crippen LogP contribution in [0.4, 0.5) is 11.5 Å². The lowest BCUT2D eigenvalue weighted by molar-refractivity contribution is 0.396. The van der Waals surface area contributed by atoms with Gasteiger partial charge in [0.2, 0.25) is 0 Å². The minimum atomic E-state index is -0.454. The molecule has 0 saturated carbocycles. The number of nitrogen functional groups attached to an aromatic ring is 1. The molecule has 0 aliphatic heterocycles. The largest absolute Gasteiger partial charge is 0.383 e. The lowest BCUT2D eigenvalue weighted by atomic mass is 10.2. The van der Waals surface area contributed by atoms with Crippen LogP contribution in [-0.4, -0.2) is 41.6 Å². The van der Waals surface area contributed by atoms with Crippen molar-refractivity contribution in [2.24, 2.45) is 5.92 Å². The van der Waals surface area contributed by atoms with E-state index in [1.807, 2.05) is 27.9 Å². The van der Waals surface area contributed by atoms with E-state index in [1.165, 1.54) is 4.57 Å². The molecular weight excluding hydrogens is 270 g/mol. The van der Waals surface area contributed by atoms with Gasteiger partial charge in [-0.2, -0.15) is 0 Å². The average Bonchev–Trinajstić information content (AvgIpc) is 2.37. The Balaban J connectivity index is 2.78. The molecule has 7 nitrogen and oxygen atoms in total. The van der Waals surface area contributed by atoms with E-state index in [4.69, 9.17) is 5.73 Å². The van der Waals surface area contributed by atoms with Crippen molar-refractivity contribution in [3.63, 3.8) is 0 Å². The Labute approximate surface area is 125 Å². The standard InChI is InChI=1S/C14H27N5O2/c1-10(2)9-19-12(15)11(13(20)17-14(19)21)16-7-5-6-8-18(3)4/h10,16H,5-9,15H2,1-4H3,(H,17,20,21). The van der Waals surface area contributed by atoms with E-state index in [0.717, 1.165) is 19.4 Å². The third-order valence-electron chi connectivity index (χ3n) is 3.12. The molecule has 1 rings (SSSR count). The second-order valence-corrected chi connectivity index (χ2v) is 5.96. The minimum absolute atomic E-state index is 0.213. The Kier molecular flexibility index (Phi) is 6.48. The number of nitrogens with zero attached hydrogens (tertiary/aromatic N) is 2. The number of hydrogen-bond acceptors (Lipinski definition) is 5. The van der Waals surface area contributed by atoms with Crippen LogP contribution in [0, 0.1) is 5.92 Å². The van der Waals surface area contributed by atoms with Gasteiger partial charge in [-0.05, 0) is 39.4 Å². The van der Waals surface area contributed by atoms with Gasteiger partial charge in [-0.1, -0.05) is 13.8 Å². The fraction of sp³-hybridized carbons (Fsp3) is 0.714. The number of hydrogen-bond donors (Lipinski definition) is 3. The van der Waals surface area contributed by atoms with E-state index in [2.05, 4.69) is 15.2 Å². The SMILES string of the molecule is CC(C)Cn1c(N)c(NCCCCN(C)C)c(=O)[nH]c1=O. The molecule has 0 spiro atoms. The molecule has 0 radical (unpaired) electrons. The molecule has 1 aromatic heterocycles. The first-order chi connectivity index (χ1) is 9.82. The van der Waals surface area contributed by atoms with Gasteiger partial charge in [-0.15, -0.1) is 0 Å². The molecule has 0 aliphatic rings. The summed E-state index contributed by atoms with van der Waals surface area (Å²) in [5, 5.41) is 3.05. The lowest BCUT2D eigenvalue weighted by Gasteiger charge is -2.15. The summed E-state index contributed by atoms with van der Waals surface area (Å²) in [6.45, 7) is 6.12. The zero-order chi connectivity index (χ0) is 16.0. The molecular formula is C14H27N5O2. The number of rotatable bonds is 8. The van der Waals surface area contributed by atoms with Crippen molar-refractivity contribution in [1.82, 2.24) is 14.5 Å². The molecule has 21 heavy (non-hydrogen) atoms. The highest BCUT2D eigenvalue weighted by atomic mass is 16.2. The summed E-state index contributed by atoms with van der Waals surface area (Å²) < 4.78 is 1.41. The first kappa shape index (κ1) is 17.3. The predicted molar refractivity (Wildman–Crippen MR) is 86.9 cm³/mol. The summed E-state index contributed by atoms with van der Waals surface area (Å²) in [5.74, 6) is 0.480. The predicted octanol–water partition coefficient (Wildman–Crippen LogP) is 0.529. The number of H-pyrrole nitrogens is 1. The minimum Gasteiger partial charge on any atom is -0.383 e. The molecule has 0 amide bonds. The molecule has 0 bridgehead atoms. The van der Waals surface area contributed by atoms with Crippen molar-refractivity contribution in [1.29, 1.82) is 0 Å². The quantitative estimate of drug-likeness (QED) is 0.608. The van der Waals surface area contributed by atoms with Crippen LogP contribution in [-0.2, 0) is 6.54 Å². The number of aromatic amines is 1. The van der Waals surface area contributed by atoms with Crippen molar-refractivity contribution >= 4 is 11.5 Å². The molecule has 1 heterocycles. The molecule has 0 aromatic carbocycles. The zero-order valence-electron chi connectivity index (χ0n) is 13.4. The van der Waals surface area contributed by atoms with Crippen LogP contribution in [0.1, 0.15) is 26.7 Å². The maximum atomic E-state index is 11.9. The van der Waals surface area contributed by atoms with Crippen molar-refractivity contribution in [3.05, 3.63) is 20.8 Å². The highest BCUT2D eigenvalue weighted by Gasteiger charge is 2.12. The van der Waals surface area contributed by atoms with Gasteiger partial charge in [0.1, 0.15) is 11.5 Å². The lowest BCUT2D eigenvalue weighted by Crippen LogP contribution is -2.35. The molecule has 7 heteroatoms. The Morgan fingerprint density at radius 3 is 2.52 bits per heavy atom. The maximum absolute atomic E-state index is 11.9. The van der Waals surface area contributed by atoms with Gasteiger partial charge in [0, 0.05) is 13.1 Å². The van der Waals surface area contributed by atoms with Crippen LogP contribution in [0.5, 0.6) is 0 Å². The van der Waals surface area contributed by atoms with E-state index in [0.29, 0.717) is 18.8 Å². The van der Waals surface area contributed by atoms with Crippen LogP contribution in [0.3, 0.4) is 0 Å². The topological polar surface area (TPSA) is 96.2 Å². The Morgan fingerprint density at radius 1 is 1.29 bits per heavy atom. The third kappa shape index (κ3) is 5.26. The summed E-state index contributed by atoms with van der Waals surface area (Å²) in [5.41, 5.74) is 5.35. The Hall–Kier alpha value is -1.76. The third-order valence-corrected chi connectivity index (χ3v) is 3.12. The molecule has 0 atom stereocenters. The van der Waals surface area contributed by atoms with Gasteiger partial charge in [0.05, 0.1) is 0 Å². The van der Waals surface area contributed by atoms with Crippen LogP contribution in [0.2, 0.25) is 0 Å². The van der Waals surface area contributed by atoms with Gasteiger partial charge in [-0.25, -0.2) is 4.79 Å². The molecule has 4 N–H and O–H groups in total. The van der Waals surface area contributed by atoms with E-state index >= 15 is 0 Å². The Bertz CT molecular complexity index is 559. The zero-order valence-corrected chi connectivity index (χ0v) is 13.4. The van der Waals surface area contributed by atoms with Gasteiger partial charge in [0.15, 0.2) is 0 Å². The summed E-state index contributed by atoms with van der Waals surface area (Å²) in [6, 6.07) is 0. The summed E-state index contributed by atoms with van der Waals surface area (Å²) in [6.07, 6.45) is 1.96.